The van der Waals surface area contributed by atoms with Crippen molar-refractivity contribution in [2.24, 2.45) is 0 Å². The highest BCUT2D eigenvalue weighted by molar-refractivity contribution is 9.10. The molecule has 3 heteroatoms. The Balaban J connectivity index is 2.22. The Morgan fingerprint density at radius 1 is 1.00 bits per heavy atom. The number of aryl methyl sites for hydroxylation is 1. The lowest BCUT2D eigenvalue weighted by molar-refractivity contribution is 0.467. The van der Waals surface area contributed by atoms with Gasteiger partial charge in [-0.25, -0.2) is 0 Å². The molecule has 0 aliphatic heterocycles. The van der Waals surface area contributed by atoms with Crippen LogP contribution in [-0.4, -0.2) is 6.54 Å². The highest BCUT2D eigenvalue weighted by Gasteiger charge is 2.08. The smallest absolute Gasteiger partial charge is 0.132 e. The molecule has 0 aliphatic rings. The van der Waals surface area contributed by atoms with Gasteiger partial charge in [0.25, 0.3) is 0 Å². The predicted molar refractivity (Wildman–Crippen MR) is 92.0 cm³/mol. The maximum absolute atomic E-state index is 6.16. The molecular weight excluding hydrogens is 326 g/mol. The molecule has 0 amide bonds. The minimum absolute atomic E-state index is 0.816. The summed E-state index contributed by atoms with van der Waals surface area (Å²) in [6.45, 7) is 6.14. The first-order chi connectivity index (χ1) is 10.2. The van der Waals surface area contributed by atoms with Crippen LogP contribution in [0.3, 0.4) is 0 Å². The van der Waals surface area contributed by atoms with Gasteiger partial charge >= 0.3 is 0 Å². The monoisotopic (exact) mass is 347 g/mol. The van der Waals surface area contributed by atoms with Gasteiger partial charge in [0.1, 0.15) is 11.5 Å². The van der Waals surface area contributed by atoms with Crippen molar-refractivity contribution in [3.63, 3.8) is 0 Å². The van der Waals surface area contributed by atoms with E-state index < -0.39 is 0 Å². The van der Waals surface area contributed by atoms with Gasteiger partial charge in [-0.2, -0.15) is 0 Å². The highest BCUT2D eigenvalue weighted by Crippen LogP contribution is 2.30. The fourth-order valence-corrected chi connectivity index (χ4v) is 2.61. The average Bonchev–Trinajstić information content (AvgIpc) is 2.50. The summed E-state index contributed by atoms with van der Waals surface area (Å²) in [4.78, 5) is 0. The fraction of sp³-hybridized carbons (Fsp3) is 0.333. The van der Waals surface area contributed by atoms with E-state index in [0.717, 1.165) is 41.9 Å². The van der Waals surface area contributed by atoms with Crippen LogP contribution in [0.5, 0.6) is 11.5 Å². The zero-order chi connectivity index (χ0) is 15.1. The van der Waals surface area contributed by atoms with Gasteiger partial charge in [0.05, 0.1) is 0 Å². The van der Waals surface area contributed by atoms with Gasteiger partial charge in [0.2, 0.25) is 0 Å². The number of hydrogen-bond acceptors (Lipinski definition) is 2. The van der Waals surface area contributed by atoms with E-state index in [4.69, 9.17) is 4.74 Å². The van der Waals surface area contributed by atoms with E-state index in [9.17, 15) is 0 Å². The number of ether oxygens (including phenoxy) is 1. The molecule has 21 heavy (non-hydrogen) atoms. The Bertz CT molecular complexity index is 583. The van der Waals surface area contributed by atoms with E-state index in [1.165, 1.54) is 11.1 Å². The van der Waals surface area contributed by atoms with Crippen LogP contribution in [0.25, 0.3) is 0 Å². The molecule has 0 fully saturated rings. The van der Waals surface area contributed by atoms with Crippen molar-refractivity contribution in [1.82, 2.24) is 5.32 Å². The van der Waals surface area contributed by atoms with Crippen molar-refractivity contribution >= 4 is 15.9 Å². The summed E-state index contributed by atoms with van der Waals surface area (Å²) in [7, 11) is 0. The summed E-state index contributed by atoms with van der Waals surface area (Å²) in [5.74, 6) is 1.86. The second-order valence-electron chi connectivity index (χ2n) is 4.99. The van der Waals surface area contributed by atoms with Gasteiger partial charge in [0.15, 0.2) is 0 Å². The molecule has 0 aromatic heterocycles. The molecule has 0 unspecified atom stereocenters. The molecule has 0 radical (unpaired) electrons. The van der Waals surface area contributed by atoms with Crippen LogP contribution in [0.1, 0.15) is 31.4 Å². The molecule has 2 rings (SSSR count). The predicted octanol–water partition coefficient (Wildman–Crippen LogP) is 5.30. The van der Waals surface area contributed by atoms with Gasteiger partial charge in [-0.3, -0.25) is 0 Å². The van der Waals surface area contributed by atoms with E-state index in [0.29, 0.717) is 0 Å². The van der Waals surface area contributed by atoms with Gasteiger partial charge in [-0.1, -0.05) is 48.0 Å². The van der Waals surface area contributed by atoms with Crippen molar-refractivity contribution in [2.75, 3.05) is 6.54 Å². The third-order valence-electron chi connectivity index (χ3n) is 3.34. The second-order valence-corrected chi connectivity index (χ2v) is 5.91. The van der Waals surface area contributed by atoms with E-state index in [2.05, 4.69) is 53.3 Å². The van der Waals surface area contributed by atoms with Crippen LogP contribution in [0, 0.1) is 0 Å². The van der Waals surface area contributed by atoms with Gasteiger partial charge < -0.3 is 10.1 Å². The summed E-state index contributed by atoms with van der Waals surface area (Å²) in [6.07, 6.45) is 2.10. The highest BCUT2D eigenvalue weighted by atomic mass is 79.9. The van der Waals surface area contributed by atoms with E-state index in [1.54, 1.807) is 0 Å². The lowest BCUT2D eigenvalue weighted by Gasteiger charge is -2.14. The second kappa shape index (κ2) is 8.20. The zero-order valence-electron chi connectivity index (χ0n) is 12.7. The van der Waals surface area contributed by atoms with E-state index in [-0.39, 0.29) is 0 Å². The first kappa shape index (κ1) is 16.1. The molecule has 0 heterocycles. The normalized spacial score (nSPS) is 10.6. The van der Waals surface area contributed by atoms with Crippen LogP contribution < -0.4 is 10.1 Å². The van der Waals surface area contributed by atoms with Gasteiger partial charge in [-0.15, -0.1) is 0 Å². The fourth-order valence-electron chi connectivity index (χ4n) is 2.20. The van der Waals surface area contributed by atoms with Crippen molar-refractivity contribution in [1.29, 1.82) is 0 Å². The maximum Gasteiger partial charge on any atom is 0.132 e. The van der Waals surface area contributed by atoms with Crippen LogP contribution in [0.2, 0.25) is 0 Å². The lowest BCUT2D eigenvalue weighted by atomic mass is 10.1. The molecule has 0 saturated heterocycles. The number of hydrogen-bond donors (Lipinski definition) is 1. The Morgan fingerprint density at radius 3 is 2.52 bits per heavy atom. The molecule has 0 aliphatic carbocycles. The number of rotatable bonds is 7. The third kappa shape index (κ3) is 4.58. The zero-order valence-corrected chi connectivity index (χ0v) is 14.2. The summed E-state index contributed by atoms with van der Waals surface area (Å²) >= 11 is 3.54. The third-order valence-corrected chi connectivity index (χ3v) is 3.83. The minimum atomic E-state index is 0.816. The summed E-state index contributed by atoms with van der Waals surface area (Å²) in [5, 5.41) is 3.43. The Labute approximate surface area is 135 Å². The number of para-hydroxylation sites is 1. The minimum Gasteiger partial charge on any atom is -0.457 e. The van der Waals surface area contributed by atoms with Crippen LogP contribution >= 0.6 is 15.9 Å². The van der Waals surface area contributed by atoms with Crippen LogP contribution in [0.4, 0.5) is 0 Å². The van der Waals surface area contributed by atoms with Crippen molar-refractivity contribution in [3.8, 4) is 11.5 Å². The summed E-state index contributed by atoms with van der Waals surface area (Å²) < 4.78 is 7.23. The molecule has 2 aromatic rings. The van der Waals surface area contributed by atoms with Crippen molar-refractivity contribution in [3.05, 3.63) is 58.1 Å². The van der Waals surface area contributed by atoms with E-state index in [1.807, 2.05) is 24.3 Å². The number of nitrogens with one attached hydrogen (secondary N) is 1. The summed E-state index contributed by atoms with van der Waals surface area (Å²) in [5.41, 5.74) is 2.40. The Kier molecular flexibility index (Phi) is 6.27. The Morgan fingerprint density at radius 2 is 1.76 bits per heavy atom. The first-order valence-corrected chi connectivity index (χ1v) is 8.28. The van der Waals surface area contributed by atoms with E-state index >= 15 is 0 Å². The van der Waals surface area contributed by atoms with Crippen molar-refractivity contribution in [2.45, 2.75) is 33.2 Å². The molecule has 0 spiro atoms. The quantitative estimate of drug-likeness (QED) is 0.685. The SMILES string of the molecule is CCCNCc1cc(Br)ccc1Oc1ccccc1CC. The molecule has 0 saturated carbocycles. The van der Waals surface area contributed by atoms with Gasteiger partial charge in [-0.05, 0) is 49.2 Å². The molecule has 0 atom stereocenters. The maximum atomic E-state index is 6.16. The largest absolute Gasteiger partial charge is 0.457 e. The van der Waals surface area contributed by atoms with Crippen LogP contribution in [0.15, 0.2) is 46.9 Å². The molecule has 2 nitrogen and oxygen atoms in total. The van der Waals surface area contributed by atoms with Crippen LogP contribution in [-0.2, 0) is 13.0 Å². The number of benzene rings is 2. The first-order valence-electron chi connectivity index (χ1n) is 7.49. The molecule has 1 N–H and O–H groups in total. The molecule has 2 aromatic carbocycles. The average molecular weight is 348 g/mol. The lowest BCUT2D eigenvalue weighted by Crippen LogP contribution is -2.14. The summed E-state index contributed by atoms with van der Waals surface area (Å²) in [6, 6.07) is 14.4. The Hall–Kier alpha value is -1.32. The standard InChI is InChI=1S/C18H22BrNO/c1-3-11-20-13-15-12-16(19)9-10-18(15)21-17-8-6-5-7-14(17)4-2/h5-10,12,20H,3-4,11,13H2,1-2H3. The molecule has 112 valence electrons. The van der Waals surface area contributed by atoms with Crippen molar-refractivity contribution < 1.29 is 4.74 Å². The number of halogens is 1. The molecule has 0 bridgehead atoms. The topological polar surface area (TPSA) is 21.3 Å². The van der Waals surface area contributed by atoms with Gasteiger partial charge in [0, 0.05) is 16.6 Å². The molecular formula is C18H22BrNO.